The predicted octanol–water partition coefficient (Wildman–Crippen LogP) is 3.75. The van der Waals surface area contributed by atoms with Crippen molar-refractivity contribution >= 4 is 11.8 Å². The highest BCUT2D eigenvalue weighted by Gasteiger charge is 2.32. The fourth-order valence-electron chi connectivity index (χ4n) is 3.64. The summed E-state index contributed by atoms with van der Waals surface area (Å²) in [5.74, 6) is 1.35. The quantitative estimate of drug-likeness (QED) is 0.893. The second kappa shape index (κ2) is 5.17. The first kappa shape index (κ1) is 13.6. The van der Waals surface area contributed by atoms with Gasteiger partial charge in [0.1, 0.15) is 0 Å². The summed E-state index contributed by atoms with van der Waals surface area (Å²) in [6.45, 7) is 5.88. The SMILES string of the molecule is CC1(C)Cc2c(ccn2CC2CCCCS2)C(N)C1. The molecule has 1 aliphatic heterocycles. The Morgan fingerprint density at radius 2 is 2.26 bits per heavy atom. The molecule has 0 radical (unpaired) electrons. The molecule has 3 heteroatoms. The van der Waals surface area contributed by atoms with Crippen molar-refractivity contribution in [1.82, 2.24) is 4.57 Å². The van der Waals surface area contributed by atoms with E-state index in [2.05, 4.69) is 42.4 Å². The van der Waals surface area contributed by atoms with Crippen LogP contribution in [0.4, 0.5) is 0 Å². The van der Waals surface area contributed by atoms with Gasteiger partial charge in [-0.1, -0.05) is 20.3 Å². The summed E-state index contributed by atoms with van der Waals surface area (Å²) >= 11 is 2.16. The van der Waals surface area contributed by atoms with Crippen molar-refractivity contribution in [2.75, 3.05) is 5.75 Å². The van der Waals surface area contributed by atoms with Crippen LogP contribution in [-0.4, -0.2) is 15.6 Å². The number of rotatable bonds is 2. The molecule has 2 atom stereocenters. The van der Waals surface area contributed by atoms with Crippen LogP contribution in [0.2, 0.25) is 0 Å². The van der Waals surface area contributed by atoms with Crippen molar-refractivity contribution in [2.45, 2.75) is 63.8 Å². The summed E-state index contributed by atoms with van der Waals surface area (Å²) in [4.78, 5) is 0. The minimum absolute atomic E-state index is 0.235. The van der Waals surface area contributed by atoms with Gasteiger partial charge in [0, 0.05) is 29.7 Å². The van der Waals surface area contributed by atoms with Gasteiger partial charge in [0.05, 0.1) is 0 Å². The Morgan fingerprint density at radius 1 is 1.42 bits per heavy atom. The third kappa shape index (κ3) is 2.87. The van der Waals surface area contributed by atoms with Crippen LogP contribution in [0.15, 0.2) is 12.3 Å². The van der Waals surface area contributed by atoms with E-state index in [4.69, 9.17) is 5.73 Å². The minimum Gasteiger partial charge on any atom is -0.350 e. The maximum Gasteiger partial charge on any atom is 0.0341 e. The van der Waals surface area contributed by atoms with E-state index in [0.717, 1.165) is 11.7 Å². The Bertz CT molecular complexity index is 444. The fraction of sp³-hybridized carbons (Fsp3) is 0.750. The lowest BCUT2D eigenvalue weighted by atomic mass is 9.74. The van der Waals surface area contributed by atoms with Crippen LogP contribution < -0.4 is 5.73 Å². The molecule has 2 N–H and O–H groups in total. The summed E-state index contributed by atoms with van der Waals surface area (Å²) in [6.07, 6.45) is 8.77. The van der Waals surface area contributed by atoms with Gasteiger partial charge in [-0.3, -0.25) is 0 Å². The van der Waals surface area contributed by atoms with Crippen molar-refractivity contribution < 1.29 is 0 Å². The Balaban J connectivity index is 1.80. The average Bonchev–Trinajstić information content (AvgIpc) is 2.72. The molecule has 3 rings (SSSR count). The summed E-state index contributed by atoms with van der Waals surface area (Å²) < 4.78 is 2.50. The zero-order valence-corrected chi connectivity index (χ0v) is 13.0. The maximum atomic E-state index is 6.35. The summed E-state index contributed by atoms with van der Waals surface area (Å²) in [5.41, 5.74) is 9.61. The van der Waals surface area contributed by atoms with Gasteiger partial charge < -0.3 is 10.3 Å². The first-order chi connectivity index (χ1) is 9.05. The van der Waals surface area contributed by atoms with Gasteiger partial charge in [-0.2, -0.15) is 11.8 Å². The molecule has 1 aliphatic carbocycles. The number of aromatic nitrogens is 1. The van der Waals surface area contributed by atoms with E-state index in [1.165, 1.54) is 49.2 Å². The first-order valence-corrected chi connectivity index (χ1v) is 8.65. The molecule has 0 aromatic carbocycles. The minimum atomic E-state index is 0.235. The van der Waals surface area contributed by atoms with E-state index in [1.54, 1.807) is 0 Å². The second-order valence-electron chi connectivity index (χ2n) is 7.01. The number of nitrogens with zero attached hydrogens (tertiary/aromatic N) is 1. The van der Waals surface area contributed by atoms with Crippen LogP contribution in [-0.2, 0) is 13.0 Å². The molecule has 0 saturated carbocycles. The molecule has 106 valence electrons. The third-order valence-electron chi connectivity index (χ3n) is 4.61. The van der Waals surface area contributed by atoms with Crippen molar-refractivity contribution in [3.8, 4) is 0 Å². The molecule has 1 fully saturated rings. The molecule has 2 unspecified atom stereocenters. The lowest BCUT2D eigenvalue weighted by Gasteiger charge is -2.35. The molecule has 0 bridgehead atoms. The highest BCUT2D eigenvalue weighted by atomic mass is 32.2. The Kier molecular flexibility index (Phi) is 3.69. The zero-order chi connectivity index (χ0) is 13.5. The lowest BCUT2D eigenvalue weighted by Crippen LogP contribution is -2.31. The van der Waals surface area contributed by atoms with Crippen LogP contribution in [0.3, 0.4) is 0 Å². The summed E-state index contributed by atoms with van der Waals surface area (Å²) in [6, 6.07) is 2.50. The smallest absolute Gasteiger partial charge is 0.0341 e. The van der Waals surface area contributed by atoms with Crippen LogP contribution in [0.5, 0.6) is 0 Å². The number of hydrogen-bond donors (Lipinski definition) is 1. The van der Waals surface area contributed by atoms with Crippen molar-refractivity contribution in [3.05, 3.63) is 23.5 Å². The highest BCUT2D eigenvalue weighted by molar-refractivity contribution is 7.99. The van der Waals surface area contributed by atoms with Crippen molar-refractivity contribution in [3.63, 3.8) is 0 Å². The maximum absolute atomic E-state index is 6.35. The molecular formula is C16H26N2S. The number of nitrogens with two attached hydrogens (primary N) is 1. The van der Waals surface area contributed by atoms with Gasteiger partial charge in [-0.15, -0.1) is 0 Å². The molecular weight excluding hydrogens is 252 g/mol. The largest absolute Gasteiger partial charge is 0.350 e. The lowest BCUT2D eigenvalue weighted by molar-refractivity contribution is 0.275. The van der Waals surface area contributed by atoms with E-state index < -0.39 is 0 Å². The number of fused-ring (bicyclic) bond motifs is 1. The van der Waals surface area contributed by atoms with Crippen LogP contribution in [0, 0.1) is 5.41 Å². The van der Waals surface area contributed by atoms with Gasteiger partial charge in [0.2, 0.25) is 0 Å². The van der Waals surface area contributed by atoms with E-state index in [1.807, 2.05) is 0 Å². The Hall–Kier alpha value is -0.410. The summed E-state index contributed by atoms with van der Waals surface area (Å²) in [5, 5.41) is 0.812. The molecule has 19 heavy (non-hydrogen) atoms. The van der Waals surface area contributed by atoms with Gasteiger partial charge in [0.25, 0.3) is 0 Å². The molecule has 2 heterocycles. The molecule has 1 saturated heterocycles. The van der Waals surface area contributed by atoms with E-state index >= 15 is 0 Å². The van der Waals surface area contributed by atoms with E-state index in [-0.39, 0.29) is 6.04 Å². The van der Waals surface area contributed by atoms with Crippen molar-refractivity contribution in [1.29, 1.82) is 0 Å². The predicted molar refractivity (Wildman–Crippen MR) is 83.6 cm³/mol. The van der Waals surface area contributed by atoms with Gasteiger partial charge >= 0.3 is 0 Å². The topological polar surface area (TPSA) is 30.9 Å². The molecule has 0 spiro atoms. The molecule has 1 aromatic heterocycles. The third-order valence-corrected chi connectivity index (χ3v) is 5.99. The fourth-order valence-corrected chi connectivity index (χ4v) is 4.94. The number of thioether (sulfide) groups is 1. The number of hydrogen-bond acceptors (Lipinski definition) is 2. The summed E-state index contributed by atoms with van der Waals surface area (Å²) in [7, 11) is 0. The second-order valence-corrected chi connectivity index (χ2v) is 8.42. The van der Waals surface area contributed by atoms with Crippen LogP contribution >= 0.6 is 11.8 Å². The molecule has 0 amide bonds. The normalized spacial score (nSPS) is 30.1. The molecule has 1 aromatic rings. The zero-order valence-electron chi connectivity index (χ0n) is 12.2. The monoisotopic (exact) mass is 278 g/mol. The van der Waals surface area contributed by atoms with Crippen molar-refractivity contribution in [2.24, 2.45) is 11.1 Å². The van der Waals surface area contributed by atoms with Gasteiger partial charge in [0.15, 0.2) is 0 Å². The van der Waals surface area contributed by atoms with Gasteiger partial charge in [-0.25, -0.2) is 0 Å². The Morgan fingerprint density at radius 3 is 3.00 bits per heavy atom. The van der Waals surface area contributed by atoms with E-state index in [0.29, 0.717) is 5.41 Å². The standard InChI is InChI=1S/C16H26N2S/c1-16(2)9-14(17)13-6-7-18(15(13)10-16)11-12-5-3-4-8-19-12/h6-7,12,14H,3-5,8-11,17H2,1-2H3. The Labute approximate surface area is 121 Å². The molecule has 2 aliphatic rings. The average molecular weight is 278 g/mol. The van der Waals surface area contributed by atoms with E-state index in [9.17, 15) is 0 Å². The van der Waals surface area contributed by atoms with Crippen LogP contribution in [0.25, 0.3) is 0 Å². The molecule has 2 nitrogen and oxygen atoms in total. The van der Waals surface area contributed by atoms with Crippen LogP contribution in [0.1, 0.15) is 56.8 Å². The highest BCUT2D eigenvalue weighted by Crippen LogP contribution is 2.40. The first-order valence-electron chi connectivity index (χ1n) is 7.60. The van der Waals surface area contributed by atoms with Gasteiger partial charge in [-0.05, 0) is 48.5 Å².